The minimum Gasteiger partial charge on any atom is -0.247 e. The second-order valence-electron chi connectivity index (χ2n) is 8.99. The van der Waals surface area contributed by atoms with Gasteiger partial charge in [0.2, 0.25) is 0 Å². The molecule has 0 aromatic heterocycles. The van der Waals surface area contributed by atoms with Crippen molar-refractivity contribution in [3.8, 4) is 0 Å². The summed E-state index contributed by atoms with van der Waals surface area (Å²) in [5.41, 5.74) is 0. The summed E-state index contributed by atoms with van der Waals surface area (Å²) in [6.45, 7) is 2.28. The van der Waals surface area contributed by atoms with E-state index in [4.69, 9.17) is 3.07 Å². The average molecular weight is 565 g/mol. The monoisotopic (exact) mass is 564 g/mol. The summed E-state index contributed by atoms with van der Waals surface area (Å²) < 4.78 is 8.42. The molecule has 0 fully saturated rings. The molecule has 0 aliphatic rings. The number of carbonyl (C=O) groups excluding carboxylic acids is 1. The van der Waals surface area contributed by atoms with E-state index in [0.717, 1.165) is 12.8 Å². The molecule has 0 aliphatic carbocycles. The van der Waals surface area contributed by atoms with Crippen molar-refractivity contribution in [1.29, 1.82) is 0 Å². The van der Waals surface area contributed by atoms with Crippen LogP contribution >= 0.6 is 0 Å². The highest BCUT2D eigenvalue weighted by Gasteiger charge is 2.33. The van der Waals surface area contributed by atoms with Gasteiger partial charge >= 0.3 is 26.2 Å². The number of carbonyl (C=O) groups is 1. The molecule has 0 bridgehead atoms. The van der Waals surface area contributed by atoms with Crippen molar-refractivity contribution < 1.29 is 28.1 Å². The fraction of sp³-hybridized carbons (Fsp3) is 0.567. The second kappa shape index (κ2) is 19.0. The van der Waals surface area contributed by atoms with E-state index in [9.17, 15) is 4.79 Å². The highest BCUT2D eigenvalue weighted by Crippen LogP contribution is 2.13. The molecule has 0 heterocycles. The van der Waals surface area contributed by atoms with Crippen molar-refractivity contribution in [2.75, 3.05) is 0 Å². The van der Waals surface area contributed by atoms with Gasteiger partial charge in [-0.1, -0.05) is 133 Å². The Hall–Kier alpha value is -1.36. The summed E-state index contributed by atoms with van der Waals surface area (Å²) in [4.78, 5) is 12.6. The topological polar surface area (TPSA) is 26.3 Å². The van der Waals surface area contributed by atoms with E-state index >= 15 is 0 Å². The molecule has 0 saturated heterocycles. The minimum atomic E-state index is -2.16. The molecule has 2 aromatic rings. The van der Waals surface area contributed by atoms with Gasteiger partial charge in [0.25, 0.3) is 0 Å². The number of hydrogen-bond donors (Lipinski definition) is 0. The van der Waals surface area contributed by atoms with E-state index in [0.29, 0.717) is 6.42 Å². The van der Waals surface area contributed by atoms with E-state index in [1.807, 2.05) is 36.4 Å². The first-order valence-electron chi connectivity index (χ1n) is 13.3. The molecule has 2 nitrogen and oxygen atoms in total. The van der Waals surface area contributed by atoms with Gasteiger partial charge in [-0.2, -0.15) is 0 Å². The van der Waals surface area contributed by atoms with E-state index in [1.165, 1.54) is 90.6 Å². The highest BCUT2D eigenvalue weighted by molar-refractivity contribution is 5.68. The van der Waals surface area contributed by atoms with E-state index < -0.39 is 20.2 Å². The molecule has 1 radical (unpaired) electrons. The van der Waals surface area contributed by atoms with Crippen molar-refractivity contribution >= 4 is 5.97 Å². The lowest BCUT2D eigenvalue weighted by Gasteiger charge is -2.05. The molecule has 33 heavy (non-hydrogen) atoms. The molecular formula is C30H45IO2+. The molecule has 183 valence electrons. The number of benzene rings is 2. The lowest BCUT2D eigenvalue weighted by molar-refractivity contribution is -1.04. The van der Waals surface area contributed by atoms with Gasteiger partial charge in [-0.3, -0.25) is 0 Å². The molecule has 0 aliphatic heterocycles. The van der Waals surface area contributed by atoms with Crippen LogP contribution in [0.15, 0.2) is 60.7 Å². The normalized spacial score (nSPS) is 11.1. The quantitative estimate of drug-likeness (QED) is 0.153. The first-order valence-corrected chi connectivity index (χ1v) is 16.4. The molecular weight excluding hydrogens is 519 g/mol. The van der Waals surface area contributed by atoms with Crippen LogP contribution in [0.5, 0.6) is 0 Å². The van der Waals surface area contributed by atoms with E-state index in [-0.39, 0.29) is 5.97 Å². The zero-order chi connectivity index (χ0) is 23.4. The van der Waals surface area contributed by atoms with Gasteiger partial charge in [0.05, 0.1) is 6.42 Å². The largest absolute Gasteiger partial charge is 0.360 e. The Kier molecular flexibility index (Phi) is 16.1. The fourth-order valence-corrected chi connectivity index (χ4v) is 8.11. The Morgan fingerprint density at radius 2 is 0.939 bits per heavy atom. The molecule has 0 amide bonds. The Balaban J connectivity index is 1.50. The summed E-state index contributed by atoms with van der Waals surface area (Å²) in [6, 6.07) is 20.5. The molecule has 0 N–H and O–H groups in total. The summed E-state index contributed by atoms with van der Waals surface area (Å²) in [7, 11) is 0. The third kappa shape index (κ3) is 13.2. The molecule has 0 saturated carbocycles. The molecule has 2 aromatic carbocycles. The van der Waals surface area contributed by atoms with Crippen LogP contribution in [0.4, 0.5) is 0 Å². The van der Waals surface area contributed by atoms with Gasteiger partial charge in [0.15, 0.2) is 7.14 Å². The first kappa shape index (κ1) is 27.9. The van der Waals surface area contributed by atoms with Crippen LogP contribution in [-0.2, 0) is 7.86 Å². The Labute approximate surface area is 210 Å². The maximum Gasteiger partial charge on any atom is 0.360 e. The van der Waals surface area contributed by atoms with Crippen LogP contribution in [0.1, 0.15) is 110 Å². The van der Waals surface area contributed by atoms with Crippen molar-refractivity contribution in [2.24, 2.45) is 0 Å². The number of unbranched alkanes of at least 4 members (excludes halogenated alkanes) is 14. The van der Waals surface area contributed by atoms with Crippen LogP contribution in [-0.4, -0.2) is 5.97 Å². The number of rotatable bonds is 19. The fourth-order valence-electron chi connectivity index (χ4n) is 4.04. The van der Waals surface area contributed by atoms with Crippen LogP contribution in [0.3, 0.4) is 0 Å². The molecule has 0 spiro atoms. The SMILES string of the molecule is CCCCCCCCCCCCCCCCCC(=O)O[I+](c1ccccc1)c1ccccc1. The van der Waals surface area contributed by atoms with Crippen LogP contribution < -0.4 is 20.2 Å². The zero-order valence-electron chi connectivity index (χ0n) is 20.8. The Bertz CT molecular complexity index is 677. The Morgan fingerprint density at radius 1 is 0.576 bits per heavy atom. The lowest BCUT2D eigenvalue weighted by atomic mass is 10.0. The van der Waals surface area contributed by atoms with Crippen molar-refractivity contribution in [2.45, 2.75) is 110 Å². The van der Waals surface area contributed by atoms with Crippen molar-refractivity contribution in [3.63, 3.8) is 0 Å². The number of hydrogen-bond acceptors (Lipinski definition) is 2. The van der Waals surface area contributed by atoms with Gasteiger partial charge in [-0.15, -0.1) is 0 Å². The molecule has 0 unspecified atom stereocenters. The average Bonchev–Trinajstić information content (AvgIpc) is 2.86. The molecule has 3 heteroatoms. The predicted molar refractivity (Wildman–Crippen MR) is 136 cm³/mol. The first-order chi connectivity index (χ1) is 16.3. The van der Waals surface area contributed by atoms with Crippen molar-refractivity contribution in [3.05, 3.63) is 67.8 Å². The van der Waals surface area contributed by atoms with Crippen LogP contribution in [0, 0.1) is 7.14 Å². The number of halogens is 1. The lowest BCUT2D eigenvalue weighted by Crippen LogP contribution is -3.85. The maximum absolute atomic E-state index is 12.6. The molecule has 0 atom stereocenters. The van der Waals surface area contributed by atoms with E-state index in [2.05, 4.69) is 31.2 Å². The third-order valence-electron chi connectivity index (χ3n) is 6.01. The third-order valence-corrected chi connectivity index (χ3v) is 10.6. The summed E-state index contributed by atoms with van der Waals surface area (Å²) >= 11 is -2.16. The maximum atomic E-state index is 12.6. The summed E-state index contributed by atoms with van der Waals surface area (Å²) in [6.07, 6.45) is 20.6. The van der Waals surface area contributed by atoms with Gasteiger partial charge in [-0.25, -0.2) is 7.86 Å². The van der Waals surface area contributed by atoms with Crippen molar-refractivity contribution in [1.82, 2.24) is 0 Å². The van der Waals surface area contributed by atoms with Crippen LogP contribution in [0.25, 0.3) is 0 Å². The predicted octanol–water partition coefficient (Wildman–Crippen LogP) is 6.07. The standard InChI is InChI=1S/C30H45IO2/c1-2-3-4-5-6-7-8-9-10-11-12-13-14-15-22-27-30(32)33-31(28-23-18-16-19-24-28)29-25-20-17-21-26-29/h16-21,23-26H,2-15,22,27H2,1H3/q+1. The smallest absolute Gasteiger partial charge is 0.247 e. The van der Waals surface area contributed by atoms with E-state index in [1.54, 1.807) is 0 Å². The zero-order valence-corrected chi connectivity index (χ0v) is 22.9. The summed E-state index contributed by atoms with van der Waals surface area (Å²) in [5, 5.41) is 0. The van der Waals surface area contributed by atoms with Crippen LogP contribution in [0.2, 0.25) is 0 Å². The highest BCUT2D eigenvalue weighted by atomic mass is 127. The molecule has 2 rings (SSSR count). The summed E-state index contributed by atoms with van der Waals surface area (Å²) in [5.74, 6) is -0.0254. The van der Waals surface area contributed by atoms with Gasteiger partial charge in [0, 0.05) is 0 Å². The second-order valence-corrected chi connectivity index (χ2v) is 13.3. The minimum absolute atomic E-state index is 0.0254. The van der Waals surface area contributed by atoms with Gasteiger partial charge in [-0.05, 0) is 30.7 Å². The Morgan fingerprint density at radius 3 is 1.33 bits per heavy atom. The van der Waals surface area contributed by atoms with Gasteiger partial charge < -0.3 is 0 Å². The van der Waals surface area contributed by atoms with Gasteiger partial charge in [0.1, 0.15) is 0 Å².